The fourth-order valence-electron chi connectivity index (χ4n) is 0.778. The van der Waals surface area contributed by atoms with Crippen molar-refractivity contribution in [2.45, 2.75) is 25.9 Å². The molecule has 60 valence electrons. The molecule has 0 aromatic heterocycles. The van der Waals surface area contributed by atoms with E-state index in [1.54, 1.807) is 0 Å². The Balaban J connectivity index is 2.57. The lowest BCUT2D eigenvalue weighted by molar-refractivity contribution is 0.142. The van der Waals surface area contributed by atoms with Crippen LogP contribution in [0.4, 0.5) is 0 Å². The molecule has 3 nitrogen and oxygen atoms in total. The van der Waals surface area contributed by atoms with Crippen molar-refractivity contribution < 1.29 is 13.6 Å². The molecule has 1 rings (SSSR count). The van der Waals surface area contributed by atoms with Crippen LogP contribution in [0.15, 0.2) is 0 Å². The quantitative estimate of drug-likeness (QED) is 0.556. The maximum atomic E-state index is 11.5. The Labute approximate surface area is 61.2 Å². The SMILES string of the molecule is CC(C)P1(=O)OCCCO1. The zero-order valence-corrected chi connectivity index (χ0v) is 7.27. The van der Waals surface area contributed by atoms with Crippen LogP contribution in [0.3, 0.4) is 0 Å². The Hall–Kier alpha value is 0.150. The van der Waals surface area contributed by atoms with Crippen molar-refractivity contribution in [1.82, 2.24) is 0 Å². The van der Waals surface area contributed by atoms with Crippen LogP contribution in [0.5, 0.6) is 0 Å². The molecular weight excluding hydrogens is 151 g/mol. The second-order valence-corrected chi connectivity index (χ2v) is 5.28. The van der Waals surface area contributed by atoms with E-state index in [1.165, 1.54) is 0 Å². The van der Waals surface area contributed by atoms with Crippen molar-refractivity contribution in [3.05, 3.63) is 0 Å². The van der Waals surface area contributed by atoms with E-state index in [0.29, 0.717) is 13.2 Å². The fourth-order valence-corrected chi connectivity index (χ4v) is 2.22. The average Bonchev–Trinajstić information content (AvgIpc) is 1.89. The van der Waals surface area contributed by atoms with Gasteiger partial charge in [0.2, 0.25) is 0 Å². The Morgan fingerprint density at radius 1 is 1.30 bits per heavy atom. The molecule has 0 unspecified atom stereocenters. The molecule has 0 saturated carbocycles. The van der Waals surface area contributed by atoms with Gasteiger partial charge in [-0.3, -0.25) is 4.57 Å². The third-order valence-corrected chi connectivity index (χ3v) is 3.81. The lowest BCUT2D eigenvalue weighted by Gasteiger charge is -2.25. The first-order chi connectivity index (χ1) is 4.65. The number of hydrogen-bond donors (Lipinski definition) is 0. The van der Waals surface area contributed by atoms with Crippen molar-refractivity contribution in [3.63, 3.8) is 0 Å². The summed E-state index contributed by atoms with van der Waals surface area (Å²) in [6.45, 7) is 4.86. The molecule has 1 aliphatic rings. The van der Waals surface area contributed by atoms with Crippen LogP contribution < -0.4 is 0 Å². The summed E-state index contributed by atoms with van der Waals surface area (Å²) in [6.07, 6.45) is 0.858. The standard InChI is InChI=1S/C6H13O3P/c1-6(2)10(7)8-4-3-5-9-10/h6H,3-5H2,1-2H3. The van der Waals surface area contributed by atoms with Gasteiger partial charge in [-0.2, -0.15) is 0 Å². The summed E-state index contributed by atoms with van der Waals surface area (Å²) in [6, 6.07) is 0. The zero-order valence-electron chi connectivity index (χ0n) is 6.37. The molecule has 1 saturated heterocycles. The largest absolute Gasteiger partial charge is 0.333 e. The van der Waals surface area contributed by atoms with E-state index in [9.17, 15) is 4.57 Å². The lowest BCUT2D eigenvalue weighted by Crippen LogP contribution is -2.13. The molecule has 0 spiro atoms. The first-order valence-electron chi connectivity index (χ1n) is 3.54. The van der Waals surface area contributed by atoms with Gasteiger partial charge in [-0.1, -0.05) is 13.8 Å². The van der Waals surface area contributed by atoms with Gasteiger partial charge in [-0.15, -0.1) is 0 Å². The molecular formula is C6H13O3P. The van der Waals surface area contributed by atoms with E-state index in [-0.39, 0.29) is 5.66 Å². The third kappa shape index (κ3) is 1.60. The van der Waals surface area contributed by atoms with Crippen LogP contribution in [0, 0.1) is 0 Å². The molecule has 0 atom stereocenters. The minimum absolute atomic E-state index is 0.00667. The molecule has 0 aromatic rings. The molecule has 0 N–H and O–H groups in total. The summed E-state index contributed by atoms with van der Waals surface area (Å²) >= 11 is 0. The molecule has 1 heterocycles. The number of rotatable bonds is 1. The highest BCUT2D eigenvalue weighted by Crippen LogP contribution is 2.54. The van der Waals surface area contributed by atoms with Crippen molar-refractivity contribution in [2.24, 2.45) is 0 Å². The molecule has 1 fully saturated rings. The molecule has 1 aliphatic heterocycles. The molecule has 0 bridgehead atoms. The van der Waals surface area contributed by atoms with Crippen molar-refractivity contribution in [3.8, 4) is 0 Å². The van der Waals surface area contributed by atoms with Gasteiger partial charge < -0.3 is 9.05 Å². The van der Waals surface area contributed by atoms with Gasteiger partial charge in [0.05, 0.1) is 18.9 Å². The highest BCUT2D eigenvalue weighted by Gasteiger charge is 2.31. The van der Waals surface area contributed by atoms with E-state index in [0.717, 1.165) is 6.42 Å². The maximum Gasteiger partial charge on any atom is 0.333 e. The van der Waals surface area contributed by atoms with Gasteiger partial charge in [0.25, 0.3) is 0 Å². The van der Waals surface area contributed by atoms with Gasteiger partial charge in [-0.05, 0) is 6.42 Å². The summed E-state index contributed by atoms with van der Waals surface area (Å²) in [5.74, 6) is 0. The van der Waals surface area contributed by atoms with Crippen LogP contribution in [0.25, 0.3) is 0 Å². The molecule has 0 radical (unpaired) electrons. The Morgan fingerprint density at radius 2 is 1.80 bits per heavy atom. The highest BCUT2D eigenvalue weighted by atomic mass is 31.2. The van der Waals surface area contributed by atoms with E-state index < -0.39 is 7.60 Å². The van der Waals surface area contributed by atoms with Crippen LogP contribution in [-0.2, 0) is 13.6 Å². The predicted octanol–water partition coefficient (Wildman–Crippen LogP) is 2.02. The van der Waals surface area contributed by atoms with Crippen molar-refractivity contribution >= 4 is 7.60 Å². The smallest absolute Gasteiger partial charge is 0.308 e. The summed E-state index contributed by atoms with van der Waals surface area (Å²) in [5.41, 5.74) is -0.00667. The van der Waals surface area contributed by atoms with Gasteiger partial charge in [0.15, 0.2) is 0 Å². The second-order valence-electron chi connectivity index (χ2n) is 2.65. The molecule has 0 aliphatic carbocycles. The molecule has 10 heavy (non-hydrogen) atoms. The van der Waals surface area contributed by atoms with E-state index in [2.05, 4.69) is 0 Å². The first-order valence-corrected chi connectivity index (χ1v) is 5.15. The summed E-state index contributed by atoms with van der Waals surface area (Å²) in [7, 11) is -2.69. The van der Waals surface area contributed by atoms with E-state index in [4.69, 9.17) is 9.05 Å². The Bertz CT molecular complexity index is 145. The van der Waals surface area contributed by atoms with Crippen LogP contribution in [0.2, 0.25) is 0 Å². The van der Waals surface area contributed by atoms with Crippen molar-refractivity contribution in [2.75, 3.05) is 13.2 Å². The Morgan fingerprint density at radius 3 is 2.10 bits per heavy atom. The number of hydrogen-bond acceptors (Lipinski definition) is 3. The van der Waals surface area contributed by atoms with Crippen LogP contribution >= 0.6 is 7.60 Å². The van der Waals surface area contributed by atoms with E-state index in [1.807, 2.05) is 13.8 Å². The second kappa shape index (κ2) is 3.04. The highest BCUT2D eigenvalue weighted by molar-refractivity contribution is 7.54. The molecule has 0 amide bonds. The average molecular weight is 164 g/mol. The van der Waals surface area contributed by atoms with Crippen LogP contribution in [0.1, 0.15) is 20.3 Å². The lowest BCUT2D eigenvalue weighted by atomic mass is 10.5. The summed E-state index contributed by atoms with van der Waals surface area (Å²) in [5, 5.41) is 0. The summed E-state index contributed by atoms with van der Waals surface area (Å²) < 4.78 is 21.6. The zero-order chi connectivity index (χ0) is 7.61. The van der Waals surface area contributed by atoms with Gasteiger partial charge in [0, 0.05) is 0 Å². The summed E-state index contributed by atoms with van der Waals surface area (Å²) in [4.78, 5) is 0. The van der Waals surface area contributed by atoms with Gasteiger partial charge in [-0.25, -0.2) is 0 Å². The monoisotopic (exact) mass is 164 g/mol. The minimum Gasteiger partial charge on any atom is -0.308 e. The maximum absolute atomic E-state index is 11.5. The molecule has 4 heteroatoms. The van der Waals surface area contributed by atoms with Gasteiger partial charge >= 0.3 is 7.60 Å². The minimum atomic E-state index is -2.69. The van der Waals surface area contributed by atoms with Gasteiger partial charge in [0.1, 0.15) is 0 Å². The normalized spacial score (nSPS) is 25.1. The van der Waals surface area contributed by atoms with E-state index >= 15 is 0 Å². The first kappa shape index (κ1) is 8.25. The topological polar surface area (TPSA) is 35.5 Å². The predicted molar refractivity (Wildman–Crippen MR) is 39.3 cm³/mol. The Kier molecular flexibility index (Phi) is 2.50. The third-order valence-electron chi connectivity index (χ3n) is 1.46. The molecule has 0 aromatic carbocycles. The van der Waals surface area contributed by atoms with Crippen molar-refractivity contribution in [1.29, 1.82) is 0 Å². The van der Waals surface area contributed by atoms with Crippen LogP contribution in [-0.4, -0.2) is 18.9 Å². The fraction of sp³-hybridized carbons (Fsp3) is 1.00.